The number of sulfonamides is 1. The smallest absolute Gasteiger partial charge is 0.321 e. The predicted molar refractivity (Wildman–Crippen MR) is 74.1 cm³/mol. The summed E-state index contributed by atoms with van der Waals surface area (Å²) < 4.78 is 26.8. The molecular formula is C13H19NO5S. The summed E-state index contributed by atoms with van der Waals surface area (Å²) >= 11 is 0. The molecule has 0 aliphatic heterocycles. The molecule has 0 aliphatic rings. The van der Waals surface area contributed by atoms with Gasteiger partial charge in [-0.2, -0.15) is 4.72 Å². The minimum Gasteiger partial charge on any atom is -0.480 e. The van der Waals surface area contributed by atoms with Crippen molar-refractivity contribution in [3.05, 3.63) is 28.8 Å². The van der Waals surface area contributed by atoms with Gasteiger partial charge in [0.2, 0.25) is 10.0 Å². The Balaban J connectivity index is 3.20. The molecule has 0 radical (unpaired) electrons. The van der Waals surface area contributed by atoms with Gasteiger partial charge >= 0.3 is 5.97 Å². The molecule has 0 saturated heterocycles. The highest BCUT2D eigenvalue weighted by Crippen LogP contribution is 2.22. The fourth-order valence-electron chi connectivity index (χ4n) is 2.20. The Labute approximate surface area is 118 Å². The van der Waals surface area contributed by atoms with Crippen LogP contribution in [-0.2, 0) is 14.8 Å². The summed E-state index contributed by atoms with van der Waals surface area (Å²) in [4.78, 5) is 11.1. The van der Waals surface area contributed by atoms with Crippen molar-refractivity contribution in [2.45, 2.75) is 38.1 Å². The van der Waals surface area contributed by atoms with E-state index in [0.717, 1.165) is 5.56 Å². The first-order valence-electron chi connectivity index (χ1n) is 6.13. The van der Waals surface area contributed by atoms with Gasteiger partial charge in [0.05, 0.1) is 4.90 Å². The lowest BCUT2D eigenvalue weighted by molar-refractivity contribution is -0.139. The van der Waals surface area contributed by atoms with Crippen LogP contribution in [0.15, 0.2) is 17.0 Å². The second-order valence-electron chi connectivity index (χ2n) is 4.75. The van der Waals surface area contributed by atoms with E-state index in [1.165, 1.54) is 0 Å². The molecule has 1 aromatic carbocycles. The number of benzene rings is 1. The molecule has 0 fully saturated rings. The number of hydrogen-bond donors (Lipinski definition) is 3. The number of aryl methyl sites for hydroxylation is 3. The molecule has 7 heteroatoms. The molecule has 0 bridgehead atoms. The van der Waals surface area contributed by atoms with Crippen LogP contribution in [0.25, 0.3) is 0 Å². The van der Waals surface area contributed by atoms with Crippen LogP contribution in [-0.4, -0.2) is 37.2 Å². The first-order valence-corrected chi connectivity index (χ1v) is 7.61. The number of nitrogens with one attached hydrogen (secondary N) is 1. The van der Waals surface area contributed by atoms with Crippen molar-refractivity contribution in [3.63, 3.8) is 0 Å². The Morgan fingerprint density at radius 3 is 2.15 bits per heavy atom. The number of hydrogen-bond acceptors (Lipinski definition) is 4. The molecule has 0 heterocycles. The van der Waals surface area contributed by atoms with Crippen molar-refractivity contribution >= 4 is 16.0 Å². The number of carboxylic acids is 1. The van der Waals surface area contributed by atoms with Gasteiger partial charge in [-0.1, -0.05) is 17.7 Å². The molecule has 0 unspecified atom stereocenters. The van der Waals surface area contributed by atoms with Crippen LogP contribution in [0.5, 0.6) is 0 Å². The van der Waals surface area contributed by atoms with E-state index in [1.54, 1.807) is 26.0 Å². The van der Waals surface area contributed by atoms with E-state index in [-0.39, 0.29) is 11.3 Å². The number of aliphatic hydroxyl groups is 1. The molecule has 6 nitrogen and oxygen atoms in total. The lowest BCUT2D eigenvalue weighted by Crippen LogP contribution is -2.41. The van der Waals surface area contributed by atoms with Crippen molar-refractivity contribution in [3.8, 4) is 0 Å². The van der Waals surface area contributed by atoms with E-state index < -0.39 is 28.6 Å². The highest BCUT2D eigenvalue weighted by molar-refractivity contribution is 7.89. The largest absolute Gasteiger partial charge is 0.480 e. The van der Waals surface area contributed by atoms with Crippen molar-refractivity contribution < 1.29 is 23.4 Å². The Morgan fingerprint density at radius 2 is 1.75 bits per heavy atom. The van der Waals surface area contributed by atoms with Crippen LogP contribution in [0.4, 0.5) is 0 Å². The van der Waals surface area contributed by atoms with E-state index in [0.29, 0.717) is 11.1 Å². The minimum atomic E-state index is -3.95. The van der Waals surface area contributed by atoms with Crippen LogP contribution in [0.2, 0.25) is 0 Å². The normalized spacial score (nSPS) is 13.2. The Kier molecular flexibility index (Phi) is 5.27. The first kappa shape index (κ1) is 16.6. The summed E-state index contributed by atoms with van der Waals surface area (Å²) in [5.74, 6) is -1.31. The van der Waals surface area contributed by atoms with Crippen molar-refractivity contribution in [2.75, 3.05) is 6.61 Å². The van der Waals surface area contributed by atoms with E-state index >= 15 is 0 Å². The quantitative estimate of drug-likeness (QED) is 0.718. The first-order chi connectivity index (χ1) is 9.19. The highest BCUT2D eigenvalue weighted by atomic mass is 32.2. The van der Waals surface area contributed by atoms with Gasteiger partial charge in [-0.3, -0.25) is 4.79 Å². The van der Waals surface area contributed by atoms with E-state index in [9.17, 15) is 13.2 Å². The Bertz CT molecular complexity index is 586. The molecule has 20 heavy (non-hydrogen) atoms. The standard InChI is InChI=1S/C13H19NO5S/c1-8-6-9(2)12(10(3)7-8)20(18,19)14-11(4-5-15)13(16)17/h6-7,11,14-15H,4-5H2,1-3H3,(H,16,17)/t11-/m1/s1. The molecule has 1 aromatic rings. The summed E-state index contributed by atoms with van der Waals surface area (Å²) in [7, 11) is -3.95. The molecule has 0 amide bonds. The van der Waals surface area contributed by atoms with Crippen LogP contribution >= 0.6 is 0 Å². The zero-order valence-electron chi connectivity index (χ0n) is 11.7. The second-order valence-corrected chi connectivity index (χ2v) is 6.40. The van der Waals surface area contributed by atoms with Gasteiger partial charge in [0.15, 0.2) is 0 Å². The van der Waals surface area contributed by atoms with Crippen LogP contribution < -0.4 is 4.72 Å². The lowest BCUT2D eigenvalue weighted by Gasteiger charge is -2.17. The molecule has 0 saturated carbocycles. The van der Waals surface area contributed by atoms with Crippen LogP contribution in [0, 0.1) is 20.8 Å². The highest BCUT2D eigenvalue weighted by Gasteiger charge is 2.27. The van der Waals surface area contributed by atoms with Crippen molar-refractivity contribution in [1.29, 1.82) is 0 Å². The molecule has 0 spiro atoms. The third kappa shape index (κ3) is 3.78. The maximum atomic E-state index is 12.3. The topological polar surface area (TPSA) is 104 Å². The SMILES string of the molecule is Cc1cc(C)c(S(=O)(=O)N[C@H](CCO)C(=O)O)c(C)c1. The average Bonchev–Trinajstić information content (AvgIpc) is 2.25. The second kappa shape index (κ2) is 6.34. The van der Waals surface area contributed by atoms with E-state index in [4.69, 9.17) is 10.2 Å². The number of rotatable bonds is 6. The van der Waals surface area contributed by atoms with Gasteiger partial charge in [-0.15, -0.1) is 0 Å². The molecule has 0 aromatic heterocycles. The van der Waals surface area contributed by atoms with Crippen molar-refractivity contribution in [1.82, 2.24) is 4.72 Å². The third-order valence-electron chi connectivity index (χ3n) is 2.89. The zero-order valence-corrected chi connectivity index (χ0v) is 12.5. The molecule has 3 N–H and O–H groups in total. The zero-order chi connectivity index (χ0) is 15.5. The monoisotopic (exact) mass is 301 g/mol. The predicted octanol–water partition coefficient (Wildman–Crippen LogP) is 0.726. The minimum absolute atomic E-state index is 0.0901. The van der Waals surface area contributed by atoms with Crippen LogP contribution in [0.3, 0.4) is 0 Å². The summed E-state index contributed by atoms with van der Waals surface area (Å²) in [6.45, 7) is 4.77. The Morgan fingerprint density at radius 1 is 1.25 bits per heavy atom. The van der Waals surface area contributed by atoms with Gasteiger partial charge in [0, 0.05) is 6.61 Å². The maximum absolute atomic E-state index is 12.3. The molecule has 1 rings (SSSR count). The van der Waals surface area contributed by atoms with Crippen LogP contribution in [0.1, 0.15) is 23.1 Å². The molecule has 0 aliphatic carbocycles. The fraction of sp³-hybridized carbons (Fsp3) is 0.462. The summed E-state index contributed by atoms with van der Waals surface area (Å²) in [5, 5.41) is 17.8. The molecule has 112 valence electrons. The number of aliphatic carboxylic acids is 1. The maximum Gasteiger partial charge on any atom is 0.321 e. The van der Waals surface area contributed by atoms with E-state index in [1.807, 2.05) is 6.92 Å². The fourth-order valence-corrected chi connectivity index (χ4v) is 3.88. The van der Waals surface area contributed by atoms with E-state index in [2.05, 4.69) is 4.72 Å². The molecular weight excluding hydrogens is 282 g/mol. The number of carbonyl (C=O) groups is 1. The lowest BCUT2D eigenvalue weighted by atomic mass is 10.1. The van der Waals surface area contributed by atoms with Gasteiger partial charge in [-0.25, -0.2) is 8.42 Å². The van der Waals surface area contributed by atoms with Gasteiger partial charge in [0.1, 0.15) is 6.04 Å². The Hall–Kier alpha value is -1.44. The van der Waals surface area contributed by atoms with Crippen molar-refractivity contribution in [2.24, 2.45) is 0 Å². The average molecular weight is 301 g/mol. The van der Waals surface area contributed by atoms with Gasteiger partial charge < -0.3 is 10.2 Å². The van der Waals surface area contributed by atoms with Gasteiger partial charge in [-0.05, 0) is 38.3 Å². The third-order valence-corrected chi connectivity index (χ3v) is 4.66. The molecule has 1 atom stereocenters. The number of carboxylic acid groups (broad SMARTS) is 1. The summed E-state index contributed by atoms with van der Waals surface area (Å²) in [6.07, 6.45) is -0.182. The summed E-state index contributed by atoms with van der Waals surface area (Å²) in [6, 6.07) is 2.11. The summed E-state index contributed by atoms with van der Waals surface area (Å²) in [5.41, 5.74) is 2.05. The van der Waals surface area contributed by atoms with Gasteiger partial charge in [0.25, 0.3) is 0 Å². The number of aliphatic hydroxyl groups excluding tert-OH is 1.